The number of rotatable bonds is 10. The van der Waals surface area contributed by atoms with Gasteiger partial charge in [0.15, 0.2) is 5.78 Å². The van der Waals surface area contributed by atoms with E-state index in [4.69, 9.17) is 4.74 Å². The number of cyclic esters (lactones) is 2. The van der Waals surface area contributed by atoms with Crippen LogP contribution in [0.25, 0.3) is 0 Å². The van der Waals surface area contributed by atoms with Gasteiger partial charge < -0.3 is 30.3 Å². The van der Waals surface area contributed by atoms with Gasteiger partial charge in [0.2, 0.25) is 0 Å². The van der Waals surface area contributed by atoms with Gasteiger partial charge in [0, 0.05) is 17.9 Å². The Morgan fingerprint density at radius 2 is 1.68 bits per heavy atom. The van der Waals surface area contributed by atoms with E-state index >= 15 is 0 Å². The van der Waals surface area contributed by atoms with E-state index in [9.17, 15) is 49.5 Å². The normalized spacial score (nSPS) is 27.8. The Kier molecular flexibility index (Phi) is 9.75. The van der Waals surface area contributed by atoms with Crippen LogP contribution in [0.5, 0.6) is 0 Å². The van der Waals surface area contributed by atoms with Crippen LogP contribution in [0, 0.1) is 17.8 Å². The molecule has 0 aromatic carbocycles. The fraction of sp³-hybridized carbons (Fsp3) is 0.593. The summed E-state index contributed by atoms with van der Waals surface area (Å²) in [7, 11) is 0. The molecule has 0 aromatic rings. The summed E-state index contributed by atoms with van der Waals surface area (Å²) in [6.07, 6.45) is 0.206. The number of esters is 2. The molecule has 3 rings (SSSR count). The number of unbranched alkanes of at least 4 members (excludes halogenated alkanes) is 3. The maximum absolute atomic E-state index is 12.6. The Morgan fingerprint density at radius 3 is 2.29 bits per heavy atom. The first-order valence-corrected chi connectivity index (χ1v) is 12.9. The molecule has 0 bridgehead atoms. The zero-order valence-corrected chi connectivity index (χ0v) is 21.2. The van der Waals surface area contributed by atoms with E-state index in [1.807, 2.05) is 6.92 Å². The Labute approximate surface area is 219 Å². The van der Waals surface area contributed by atoms with Crippen LogP contribution >= 0.6 is 0 Å². The highest BCUT2D eigenvalue weighted by Crippen LogP contribution is 2.41. The largest absolute Gasteiger partial charge is 0.478 e. The van der Waals surface area contributed by atoms with Crippen molar-refractivity contribution in [3.05, 3.63) is 34.4 Å². The van der Waals surface area contributed by atoms with Crippen molar-refractivity contribution in [3.8, 4) is 0 Å². The van der Waals surface area contributed by atoms with Crippen molar-refractivity contribution in [2.75, 3.05) is 0 Å². The molecule has 0 unspecified atom stereocenters. The minimum Gasteiger partial charge on any atom is -0.478 e. The van der Waals surface area contributed by atoms with Gasteiger partial charge in [-0.3, -0.25) is 4.79 Å². The second kappa shape index (κ2) is 12.6. The third-order valence-electron chi connectivity index (χ3n) is 7.63. The Hall–Kier alpha value is -3.15. The molecule has 1 aliphatic heterocycles. The maximum atomic E-state index is 12.6. The number of hydrogen-bond acceptors (Lipinski definition) is 9. The van der Waals surface area contributed by atoms with Crippen LogP contribution < -0.4 is 0 Å². The SMILES string of the molecule is CCCCCC[C@H](O)[C@@H]1C(C(=O)O)=C(C(=O)O)C[C@H]([C@@H](O)[C@H]2CC=CC(=O)C2)CC2=C(C(=O)OC2=O)[C@H]1O. The smallest absolute Gasteiger partial charge is 0.345 e. The van der Waals surface area contributed by atoms with E-state index in [-0.39, 0.29) is 30.6 Å². The number of carboxylic acid groups (broad SMARTS) is 2. The first kappa shape index (κ1) is 29.4. The number of allylic oxidation sites excluding steroid dienone is 2. The van der Waals surface area contributed by atoms with Gasteiger partial charge in [-0.1, -0.05) is 38.7 Å². The van der Waals surface area contributed by atoms with Crippen LogP contribution in [-0.4, -0.2) is 73.5 Å². The maximum Gasteiger partial charge on any atom is 0.345 e. The third kappa shape index (κ3) is 6.28. The van der Waals surface area contributed by atoms with Crippen LogP contribution in [0.2, 0.25) is 0 Å². The van der Waals surface area contributed by atoms with Crippen molar-refractivity contribution in [1.29, 1.82) is 0 Å². The molecule has 38 heavy (non-hydrogen) atoms. The molecule has 0 spiro atoms. The van der Waals surface area contributed by atoms with Crippen molar-refractivity contribution < 1.29 is 54.2 Å². The van der Waals surface area contributed by atoms with E-state index in [1.165, 1.54) is 6.08 Å². The fourth-order valence-corrected chi connectivity index (χ4v) is 5.68. The second-order valence-corrected chi connectivity index (χ2v) is 10.2. The van der Waals surface area contributed by atoms with E-state index in [2.05, 4.69) is 0 Å². The summed E-state index contributed by atoms with van der Waals surface area (Å²) in [4.78, 5) is 62.1. The summed E-state index contributed by atoms with van der Waals surface area (Å²) in [5.41, 5.74) is -2.30. The van der Waals surface area contributed by atoms with Gasteiger partial charge in [0.25, 0.3) is 0 Å². The van der Waals surface area contributed by atoms with Crippen molar-refractivity contribution in [2.24, 2.45) is 17.8 Å². The molecule has 5 N–H and O–H groups in total. The Balaban J connectivity index is 2.16. The molecular weight excluding hydrogens is 500 g/mol. The predicted octanol–water partition coefficient (Wildman–Crippen LogP) is 1.45. The number of ether oxygens (including phenoxy) is 1. The van der Waals surface area contributed by atoms with Crippen LogP contribution in [-0.2, 0) is 28.7 Å². The van der Waals surface area contributed by atoms with Crippen LogP contribution in [0.1, 0.15) is 64.7 Å². The quantitative estimate of drug-likeness (QED) is 0.154. The molecule has 3 aliphatic rings. The van der Waals surface area contributed by atoms with Crippen molar-refractivity contribution >= 4 is 29.7 Å². The number of carboxylic acids is 2. The highest BCUT2D eigenvalue weighted by Gasteiger charge is 2.48. The summed E-state index contributed by atoms with van der Waals surface area (Å²) in [6, 6.07) is 0. The summed E-state index contributed by atoms with van der Waals surface area (Å²) in [5.74, 6) is -9.39. The van der Waals surface area contributed by atoms with Crippen molar-refractivity contribution in [1.82, 2.24) is 0 Å². The van der Waals surface area contributed by atoms with E-state index in [0.717, 1.165) is 12.8 Å². The van der Waals surface area contributed by atoms with Gasteiger partial charge in [-0.2, -0.15) is 0 Å². The lowest BCUT2D eigenvalue weighted by Gasteiger charge is -2.31. The Morgan fingerprint density at radius 1 is 0.974 bits per heavy atom. The lowest BCUT2D eigenvalue weighted by Crippen LogP contribution is -2.39. The Bertz CT molecular complexity index is 1080. The van der Waals surface area contributed by atoms with Gasteiger partial charge in [0.1, 0.15) is 0 Å². The number of carbonyl (C=O) groups is 5. The number of ketones is 1. The minimum atomic E-state index is -2.04. The second-order valence-electron chi connectivity index (χ2n) is 10.2. The minimum absolute atomic E-state index is 0.0135. The molecular formula is C27H34O11. The van der Waals surface area contributed by atoms with E-state index in [1.54, 1.807) is 6.08 Å². The molecule has 0 aromatic heterocycles. The zero-order chi connectivity index (χ0) is 28.1. The summed E-state index contributed by atoms with van der Waals surface area (Å²) in [6.45, 7) is 1.98. The van der Waals surface area contributed by atoms with Gasteiger partial charge in [-0.05, 0) is 43.6 Å². The highest BCUT2D eigenvalue weighted by atomic mass is 16.6. The predicted molar refractivity (Wildman–Crippen MR) is 130 cm³/mol. The molecule has 1 heterocycles. The average Bonchev–Trinajstić information content (AvgIpc) is 3.16. The number of aliphatic carboxylic acids is 2. The lowest BCUT2D eigenvalue weighted by atomic mass is 9.77. The van der Waals surface area contributed by atoms with Crippen molar-refractivity contribution in [3.63, 3.8) is 0 Å². The molecule has 0 amide bonds. The number of aliphatic hydroxyl groups is 3. The third-order valence-corrected chi connectivity index (χ3v) is 7.63. The topological polar surface area (TPSA) is 196 Å². The van der Waals surface area contributed by atoms with Crippen LogP contribution in [0.3, 0.4) is 0 Å². The molecule has 208 valence electrons. The first-order chi connectivity index (χ1) is 18.0. The molecule has 6 atom stereocenters. The van der Waals surface area contributed by atoms with Gasteiger partial charge in [-0.15, -0.1) is 0 Å². The molecule has 0 saturated heterocycles. The molecule has 11 heteroatoms. The monoisotopic (exact) mass is 534 g/mol. The number of hydrogen-bond donors (Lipinski definition) is 5. The number of aliphatic hydroxyl groups excluding tert-OH is 3. The van der Waals surface area contributed by atoms with Crippen LogP contribution in [0.4, 0.5) is 0 Å². The fourth-order valence-electron chi connectivity index (χ4n) is 5.68. The van der Waals surface area contributed by atoms with Gasteiger partial charge in [0.05, 0.1) is 35.0 Å². The summed E-state index contributed by atoms with van der Waals surface area (Å²) >= 11 is 0. The summed E-state index contributed by atoms with van der Waals surface area (Å²) in [5, 5.41) is 53.7. The first-order valence-electron chi connectivity index (χ1n) is 12.9. The number of carbonyl (C=O) groups excluding carboxylic acids is 3. The highest BCUT2D eigenvalue weighted by molar-refractivity contribution is 6.13. The van der Waals surface area contributed by atoms with Crippen LogP contribution in [0.15, 0.2) is 34.4 Å². The average molecular weight is 535 g/mol. The molecule has 2 aliphatic carbocycles. The van der Waals surface area contributed by atoms with E-state index in [0.29, 0.717) is 12.8 Å². The molecule has 0 fully saturated rings. The standard InChI is InChI=1S/C27H34O11/c1-2-3-4-5-9-18(29)21-19(25(34)35)16(24(32)33)11-14(22(30)13-7-6-8-15(28)10-13)12-17-20(23(21)31)27(37)38-26(17)36/h6,8,13-14,18,21-23,29-31H,2-5,7,9-12H2,1H3,(H,32,33)(H,34,35)/t13-,14-,18-,21+,22-,23+/m0/s1. The summed E-state index contributed by atoms with van der Waals surface area (Å²) < 4.78 is 4.71. The van der Waals surface area contributed by atoms with Gasteiger partial charge >= 0.3 is 23.9 Å². The lowest BCUT2D eigenvalue weighted by molar-refractivity contribution is -0.152. The zero-order valence-electron chi connectivity index (χ0n) is 21.2. The molecule has 0 saturated carbocycles. The molecule has 0 radical (unpaired) electrons. The van der Waals surface area contributed by atoms with E-state index < -0.39 is 89.5 Å². The van der Waals surface area contributed by atoms with Crippen molar-refractivity contribution in [2.45, 2.75) is 83.0 Å². The molecule has 11 nitrogen and oxygen atoms in total. The van der Waals surface area contributed by atoms with Gasteiger partial charge in [-0.25, -0.2) is 19.2 Å².